The molecule has 1 N–H and O–H groups in total. The topological polar surface area (TPSA) is 54.3 Å². The molecule has 1 saturated heterocycles. The molecular formula is C13H18N2O3. The monoisotopic (exact) mass is 250 g/mol. The van der Waals surface area contributed by atoms with Crippen molar-refractivity contribution < 1.29 is 14.7 Å². The van der Waals surface area contributed by atoms with Gasteiger partial charge in [0.05, 0.1) is 19.4 Å². The summed E-state index contributed by atoms with van der Waals surface area (Å²) in [5, 5.41) is 11.4. The van der Waals surface area contributed by atoms with Crippen LogP contribution in [-0.4, -0.2) is 55.8 Å². The van der Waals surface area contributed by atoms with Crippen molar-refractivity contribution in [3.05, 3.63) is 29.8 Å². The molecule has 5 nitrogen and oxygen atoms in total. The van der Waals surface area contributed by atoms with E-state index in [1.54, 1.807) is 0 Å². The lowest BCUT2D eigenvalue weighted by Crippen LogP contribution is -2.38. The van der Waals surface area contributed by atoms with Gasteiger partial charge in [0.1, 0.15) is 12.4 Å². The highest BCUT2D eigenvalue weighted by molar-refractivity contribution is 5.79. The van der Waals surface area contributed by atoms with Gasteiger partial charge in [0.2, 0.25) is 0 Å². The van der Waals surface area contributed by atoms with E-state index in [0.29, 0.717) is 6.61 Å². The summed E-state index contributed by atoms with van der Waals surface area (Å²) < 4.78 is 10.9. The predicted octanol–water partition coefficient (Wildman–Crippen LogP) is 1.21. The second kappa shape index (κ2) is 6.98. The van der Waals surface area contributed by atoms with Crippen molar-refractivity contribution in [3.63, 3.8) is 0 Å². The molecule has 5 heteroatoms. The largest absolute Gasteiger partial charge is 0.492 e. The molecule has 2 rings (SSSR count). The van der Waals surface area contributed by atoms with Gasteiger partial charge in [-0.05, 0) is 29.8 Å². The summed E-state index contributed by atoms with van der Waals surface area (Å²) in [4.78, 5) is 2.33. The fraction of sp³-hybridized carbons (Fsp3) is 0.462. The Morgan fingerprint density at radius 2 is 2.00 bits per heavy atom. The van der Waals surface area contributed by atoms with E-state index < -0.39 is 0 Å². The third-order valence-electron chi connectivity index (χ3n) is 2.87. The maximum Gasteiger partial charge on any atom is 0.119 e. The van der Waals surface area contributed by atoms with E-state index in [0.717, 1.165) is 44.2 Å². The third-order valence-corrected chi connectivity index (χ3v) is 2.87. The number of hydrogen-bond donors (Lipinski definition) is 1. The highest BCUT2D eigenvalue weighted by Crippen LogP contribution is 2.11. The molecule has 0 saturated carbocycles. The Hall–Kier alpha value is -1.59. The van der Waals surface area contributed by atoms with Gasteiger partial charge in [0.15, 0.2) is 0 Å². The van der Waals surface area contributed by atoms with E-state index in [1.807, 2.05) is 24.3 Å². The minimum Gasteiger partial charge on any atom is -0.492 e. The van der Waals surface area contributed by atoms with Crippen LogP contribution in [0.2, 0.25) is 0 Å². The Bertz CT molecular complexity index is 372. The maximum absolute atomic E-state index is 8.40. The summed E-state index contributed by atoms with van der Waals surface area (Å²) >= 11 is 0. The summed E-state index contributed by atoms with van der Waals surface area (Å²) in [6, 6.07) is 7.44. The predicted molar refractivity (Wildman–Crippen MR) is 68.6 cm³/mol. The van der Waals surface area contributed by atoms with Crippen LogP contribution < -0.4 is 4.74 Å². The number of rotatable bonds is 5. The average molecular weight is 250 g/mol. The molecule has 1 aliphatic heterocycles. The fourth-order valence-electron chi connectivity index (χ4n) is 1.83. The second-order valence-electron chi connectivity index (χ2n) is 4.12. The summed E-state index contributed by atoms with van der Waals surface area (Å²) in [5.41, 5.74) is 0.845. The Labute approximate surface area is 107 Å². The fourth-order valence-corrected chi connectivity index (χ4v) is 1.83. The van der Waals surface area contributed by atoms with E-state index in [1.165, 1.54) is 6.21 Å². The lowest BCUT2D eigenvalue weighted by atomic mass is 10.2. The first-order chi connectivity index (χ1) is 8.88. The smallest absolute Gasteiger partial charge is 0.119 e. The third kappa shape index (κ3) is 4.01. The van der Waals surface area contributed by atoms with Gasteiger partial charge in [-0.15, -0.1) is 0 Å². The summed E-state index contributed by atoms with van der Waals surface area (Å²) in [6.07, 6.45) is 1.39. The first kappa shape index (κ1) is 12.9. The maximum atomic E-state index is 8.40. The summed E-state index contributed by atoms with van der Waals surface area (Å²) in [5.74, 6) is 0.832. The van der Waals surface area contributed by atoms with E-state index in [9.17, 15) is 0 Å². The molecule has 1 aliphatic rings. The number of oxime groups is 1. The van der Waals surface area contributed by atoms with Crippen LogP contribution in [-0.2, 0) is 4.74 Å². The van der Waals surface area contributed by atoms with Crippen molar-refractivity contribution in [2.75, 3.05) is 39.5 Å². The zero-order valence-corrected chi connectivity index (χ0v) is 10.3. The van der Waals surface area contributed by atoms with Crippen molar-refractivity contribution in [2.24, 2.45) is 5.16 Å². The SMILES string of the molecule is O/N=C/c1ccc(OCCN2CCOCC2)cc1. The molecule has 1 aromatic carbocycles. The van der Waals surface area contributed by atoms with Gasteiger partial charge in [0, 0.05) is 19.6 Å². The van der Waals surface area contributed by atoms with Crippen LogP contribution in [0.3, 0.4) is 0 Å². The molecule has 0 bridgehead atoms. The highest BCUT2D eigenvalue weighted by Gasteiger charge is 2.09. The van der Waals surface area contributed by atoms with Crippen molar-refractivity contribution >= 4 is 6.21 Å². The van der Waals surface area contributed by atoms with Gasteiger partial charge in [-0.1, -0.05) is 5.16 Å². The van der Waals surface area contributed by atoms with Gasteiger partial charge in [0.25, 0.3) is 0 Å². The van der Waals surface area contributed by atoms with Crippen LogP contribution in [0.5, 0.6) is 5.75 Å². The zero-order chi connectivity index (χ0) is 12.6. The molecule has 0 spiro atoms. The van der Waals surface area contributed by atoms with Gasteiger partial charge < -0.3 is 14.7 Å². The minimum atomic E-state index is 0.674. The Morgan fingerprint density at radius 3 is 2.67 bits per heavy atom. The number of hydrogen-bond acceptors (Lipinski definition) is 5. The van der Waals surface area contributed by atoms with Crippen LogP contribution in [0.1, 0.15) is 5.56 Å². The van der Waals surface area contributed by atoms with Gasteiger partial charge in [-0.25, -0.2) is 0 Å². The first-order valence-electron chi connectivity index (χ1n) is 6.09. The van der Waals surface area contributed by atoms with E-state index in [2.05, 4.69) is 10.1 Å². The van der Waals surface area contributed by atoms with Crippen molar-refractivity contribution in [1.29, 1.82) is 0 Å². The molecule has 1 fully saturated rings. The van der Waals surface area contributed by atoms with E-state index in [4.69, 9.17) is 14.7 Å². The lowest BCUT2D eigenvalue weighted by molar-refractivity contribution is 0.0322. The normalized spacial score (nSPS) is 17.1. The number of ether oxygens (including phenoxy) is 2. The molecule has 98 valence electrons. The van der Waals surface area contributed by atoms with Crippen LogP contribution >= 0.6 is 0 Å². The van der Waals surface area contributed by atoms with E-state index in [-0.39, 0.29) is 0 Å². The Kier molecular flexibility index (Phi) is 4.99. The van der Waals surface area contributed by atoms with Gasteiger partial charge >= 0.3 is 0 Å². The molecule has 1 heterocycles. The summed E-state index contributed by atoms with van der Waals surface area (Å²) in [7, 11) is 0. The van der Waals surface area contributed by atoms with Crippen LogP contribution in [0.25, 0.3) is 0 Å². The molecule has 18 heavy (non-hydrogen) atoms. The number of benzene rings is 1. The molecule has 0 amide bonds. The van der Waals surface area contributed by atoms with Crippen molar-refractivity contribution in [2.45, 2.75) is 0 Å². The second-order valence-corrected chi connectivity index (χ2v) is 4.12. The average Bonchev–Trinajstić information content (AvgIpc) is 2.42. The molecule has 0 radical (unpaired) electrons. The molecule has 0 aromatic heterocycles. The molecule has 0 unspecified atom stereocenters. The van der Waals surface area contributed by atoms with Gasteiger partial charge in [-0.3, -0.25) is 4.90 Å². The Balaban J connectivity index is 1.72. The summed E-state index contributed by atoms with van der Waals surface area (Å²) in [6.45, 7) is 5.19. The van der Waals surface area contributed by atoms with Crippen LogP contribution in [0.15, 0.2) is 29.4 Å². The first-order valence-corrected chi connectivity index (χ1v) is 6.09. The highest BCUT2D eigenvalue weighted by atomic mass is 16.5. The lowest BCUT2D eigenvalue weighted by Gasteiger charge is -2.26. The number of nitrogens with zero attached hydrogens (tertiary/aromatic N) is 2. The van der Waals surface area contributed by atoms with Crippen molar-refractivity contribution in [1.82, 2.24) is 4.90 Å². The molecule has 1 aromatic rings. The van der Waals surface area contributed by atoms with Crippen LogP contribution in [0.4, 0.5) is 0 Å². The number of morpholine rings is 1. The van der Waals surface area contributed by atoms with Gasteiger partial charge in [-0.2, -0.15) is 0 Å². The molecule has 0 aliphatic carbocycles. The molecule has 0 atom stereocenters. The minimum absolute atomic E-state index is 0.674. The van der Waals surface area contributed by atoms with Crippen LogP contribution in [0, 0.1) is 0 Å². The zero-order valence-electron chi connectivity index (χ0n) is 10.3. The molecular weight excluding hydrogens is 232 g/mol. The Morgan fingerprint density at radius 1 is 1.28 bits per heavy atom. The van der Waals surface area contributed by atoms with E-state index >= 15 is 0 Å². The standard InChI is InChI=1S/C13H18N2O3/c16-14-11-12-1-3-13(4-2-12)18-10-7-15-5-8-17-9-6-15/h1-4,11,16H,5-10H2/b14-11+. The quantitative estimate of drug-likeness (QED) is 0.485. The van der Waals surface area contributed by atoms with Crippen molar-refractivity contribution in [3.8, 4) is 5.75 Å².